The van der Waals surface area contributed by atoms with Crippen LogP contribution >= 0.6 is 0 Å². The Morgan fingerprint density at radius 2 is 1.14 bits per heavy atom. The molecular weight excluding hydrogens is 536 g/mol. The molecule has 6 rings (SSSR count). The predicted molar refractivity (Wildman–Crippen MR) is 171 cm³/mol. The van der Waals surface area contributed by atoms with Crippen molar-refractivity contribution >= 4 is 0 Å². The summed E-state index contributed by atoms with van der Waals surface area (Å²) in [6.07, 6.45) is 3.80. The van der Waals surface area contributed by atoms with Crippen LogP contribution in [0.15, 0.2) is 78.9 Å². The molecule has 0 bridgehead atoms. The molecule has 0 saturated heterocycles. The van der Waals surface area contributed by atoms with Gasteiger partial charge in [-0.1, -0.05) is 54.6 Å². The second kappa shape index (κ2) is 12.7. The molecule has 2 aliphatic heterocycles. The standard InChI is InChI=1S/C37H42N2O4/c1-38-18-16-26-10-6-8-12-29(26)31(38)20-25-14-15-33(40-3)37(21-25)43-34-24-36(42-5)35(41-4)23-28(34)22-32-30-13-9-7-11-27(30)17-19-39(32)2/h6-15,21,23-24,31-32H,16-20,22H2,1-5H3. The van der Waals surface area contributed by atoms with E-state index in [2.05, 4.69) is 90.6 Å². The van der Waals surface area contributed by atoms with Crippen LogP contribution in [0.2, 0.25) is 0 Å². The Kier molecular flexibility index (Phi) is 8.59. The minimum atomic E-state index is 0.223. The van der Waals surface area contributed by atoms with E-state index in [9.17, 15) is 0 Å². The molecule has 224 valence electrons. The normalized spacial score (nSPS) is 18.4. The molecule has 0 amide bonds. The maximum atomic E-state index is 6.77. The molecule has 0 radical (unpaired) electrons. The highest BCUT2D eigenvalue weighted by molar-refractivity contribution is 5.54. The fraction of sp³-hybridized carbons (Fsp3) is 0.351. The number of ether oxygens (including phenoxy) is 4. The van der Waals surface area contributed by atoms with Crippen molar-refractivity contribution in [1.82, 2.24) is 9.80 Å². The van der Waals surface area contributed by atoms with E-state index in [1.807, 2.05) is 12.1 Å². The summed E-state index contributed by atoms with van der Waals surface area (Å²) in [5.41, 5.74) is 7.89. The van der Waals surface area contributed by atoms with Crippen molar-refractivity contribution in [2.24, 2.45) is 0 Å². The highest BCUT2D eigenvalue weighted by atomic mass is 16.5. The van der Waals surface area contributed by atoms with Crippen LogP contribution in [0, 0.1) is 0 Å². The fourth-order valence-electron chi connectivity index (χ4n) is 6.72. The van der Waals surface area contributed by atoms with Gasteiger partial charge in [-0.15, -0.1) is 0 Å². The third-order valence-electron chi connectivity index (χ3n) is 9.22. The predicted octanol–water partition coefficient (Wildman–Crippen LogP) is 7.05. The Morgan fingerprint density at radius 3 is 1.74 bits per heavy atom. The number of likely N-dealkylation sites (N-methyl/N-ethyl adjacent to an activating group) is 2. The van der Waals surface area contributed by atoms with Crippen LogP contribution in [-0.2, 0) is 25.7 Å². The zero-order chi connectivity index (χ0) is 29.9. The van der Waals surface area contributed by atoms with Crippen LogP contribution < -0.4 is 18.9 Å². The fourth-order valence-corrected chi connectivity index (χ4v) is 6.72. The Bertz CT molecular complexity index is 1590. The van der Waals surface area contributed by atoms with Gasteiger partial charge in [0, 0.05) is 36.8 Å². The maximum absolute atomic E-state index is 6.77. The largest absolute Gasteiger partial charge is 0.493 e. The third-order valence-corrected chi connectivity index (χ3v) is 9.22. The zero-order valence-electron chi connectivity index (χ0n) is 25.9. The molecule has 2 heterocycles. The van der Waals surface area contributed by atoms with Crippen molar-refractivity contribution in [3.05, 3.63) is 112 Å². The smallest absolute Gasteiger partial charge is 0.169 e. The summed E-state index contributed by atoms with van der Waals surface area (Å²) < 4.78 is 24.0. The molecule has 4 aromatic rings. The minimum Gasteiger partial charge on any atom is -0.493 e. The molecule has 0 spiro atoms. The third kappa shape index (κ3) is 5.95. The van der Waals surface area contributed by atoms with Crippen molar-refractivity contribution in [2.45, 2.75) is 37.8 Å². The van der Waals surface area contributed by atoms with Crippen LogP contribution in [0.1, 0.15) is 45.5 Å². The SMILES string of the molecule is COc1cc(CC2c3ccccc3CCN2C)c(Oc2cc(CC3c4ccccc4CCN3C)ccc2OC)cc1OC. The summed E-state index contributed by atoms with van der Waals surface area (Å²) >= 11 is 0. The summed E-state index contributed by atoms with van der Waals surface area (Å²) in [6.45, 7) is 2.06. The van der Waals surface area contributed by atoms with Gasteiger partial charge in [-0.2, -0.15) is 0 Å². The molecule has 6 nitrogen and oxygen atoms in total. The molecule has 2 unspecified atom stereocenters. The van der Waals surface area contributed by atoms with Crippen molar-refractivity contribution in [2.75, 3.05) is 48.5 Å². The molecule has 6 heteroatoms. The van der Waals surface area contributed by atoms with Gasteiger partial charge < -0.3 is 18.9 Å². The first-order chi connectivity index (χ1) is 21.0. The second-order valence-corrected chi connectivity index (χ2v) is 11.7. The van der Waals surface area contributed by atoms with Gasteiger partial charge in [-0.05, 0) is 85.8 Å². The van der Waals surface area contributed by atoms with Crippen molar-refractivity contribution < 1.29 is 18.9 Å². The van der Waals surface area contributed by atoms with Crippen LogP contribution in [0.5, 0.6) is 28.7 Å². The van der Waals surface area contributed by atoms with Gasteiger partial charge in [0.05, 0.1) is 21.3 Å². The molecule has 0 aliphatic carbocycles. The van der Waals surface area contributed by atoms with E-state index in [0.717, 1.165) is 50.1 Å². The van der Waals surface area contributed by atoms with E-state index in [0.29, 0.717) is 29.0 Å². The maximum Gasteiger partial charge on any atom is 0.169 e. The molecule has 0 fully saturated rings. The van der Waals surface area contributed by atoms with Gasteiger partial charge in [0.25, 0.3) is 0 Å². The number of benzene rings is 4. The van der Waals surface area contributed by atoms with Gasteiger partial charge in [-0.25, -0.2) is 0 Å². The van der Waals surface area contributed by atoms with E-state index in [1.54, 1.807) is 21.3 Å². The van der Waals surface area contributed by atoms with Crippen LogP contribution in [0.3, 0.4) is 0 Å². The molecular formula is C37H42N2O4. The average molecular weight is 579 g/mol. The topological polar surface area (TPSA) is 43.4 Å². The first-order valence-electron chi connectivity index (χ1n) is 15.1. The Balaban J connectivity index is 1.35. The van der Waals surface area contributed by atoms with E-state index < -0.39 is 0 Å². The molecule has 0 N–H and O–H groups in total. The van der Waals surface area contributed by atoms with Gasteiger partial charge in [-0.3, -0.25) is 9.80 Å². The lowest BCUT2D eigenvalue weighted by Gasteiger charge is -2.35. The monoisotopic (exact) mass is 578 g/mol. The van der Waals surface area contributed by atoms with Gasteiger partial charge >= 0.3 is 0 Å². The van der Waals surface area contributed by atoms with Gasteiger partial charge in [0.1, 0.15) is 5.75 Å². The number of fused-ring (bicyclic) bond motifs is 2. The van der Waals surface area contributed by atoms with E-state index in [-0.39, 0.29) is 6.04 Å². The lowest BCUT2D eigenvalue weighted by atomic mass is 9.88. The Hall–Kier alpha value is -4.00. The van der Waals surface area contributed by atoms with E-state index in [1.165, 1.54) is 27.8 Å². The average Bonchev–Trinajstić information content (AvgIpc) is 3.04. The van der Waals surface area contributed by atoms with Crippen molar-refractivity contribution in [3.8, 4) is 28.7 Å². The molecule has 4 aromatic carbocycles. The van der Waals surface area contributed by atoms with E-state index in [4.69, 9.17) is 18.9 Å². The van der Waals surface area contributed by atoms with Crippen molar-refractivity contribution in [1.29, 1.82) is 0 Å². The quantitative estimate of drug-likeness (QED) is 0.212. The second-order valence-electron chi connectivity index (χ2n) is 11.7. The highest BCUT2D eigenvalue weighted by Gasteiger charge is 2.28. The summed E-state index contributed by atoms with van der Waals surface area (Å²) in [5, 5.41) is 0. The highest BCUT2D eigenvalue weighted by Crippen LogP contribution is 2.43. The summed E-state index contributed by atoms with van der Waals surface area (Å²) in [4.78, 5) is 4.89. The summed E-state index contributed by atoms with van der Waals surface area (Å²) in [7, 11) is 9.45. The van der Waals surface area contributed by atoms with Crippen LogP contribution in [-0.4, -0.2) is 58.3 Å². The Labute approximate surface area is 255 Å². The Morgan fingerprint density at radius 1 is 0.581 bits per heavy atom. The first-order valence-corrected chi connectivity index (χ1v) is 15.1. The number of hydrogen-bond donors (Lipinski definition) is 0. The summed E-state index contributed by atoms with van der Waals surface area (Å²) in [5.74, 6) is 3.45. The lowest BCUT2D eigenvalue weighted by molar-refractivity contribution is 0.228. The van der Waals surface area contributed by atoms with Gasteiger partial charge in [0.2, 0.25) is 0 Å². The number of nitrogens with zero attached hydrogens (tertiary/aromatic N) is 2. The first kappa shape index (κ1) is 29.1. The summed E-state index contributed by atoms with van der Waals surface area (Å²) in [6, 6.07) is 28.4. The number of methoxy groups -OCH3 is 3. The van der Waals surface area contributed by atoms with Crippen LogP contribution in [0.25, 0.3) is 0 Å². The van der Waals surface area contributed by atoms with Crippen molar-refractivity contribution in [3.63, 3.8) is 0 Å². The van der Waals surface area contributed by atoms with E-state index >= 15 is 0 Å². The number of hydrogen-bond acceptors (Lipinski definition) is 6. The molecule has 0 aromatic heterocycles. The molecule has 2 atom stereocenters. The minimum absolute atomic E-state index is 0.223. The molecule has 2 aliphatic rings. The van der Waals surface area contributed by atoms with Gasteiger partial charge in [0.15, 0.2) is 23.0 Å². The zero-order valence-corrected chi connectivity index (χ0v) is 25.9. The molecule has 43 heavy (non-hydrogen) atoms. The lowest BCUT2D eigenvalue weighted by Crippen LogP contribution is -2.33. The van der Waals surface area contributed by atoms with Crippen LogP contribution in [0.4, 0.5) is 0 Å². The number of rotatable bonds is 9. The molecule has 0 saturated carbocycles.